The van der Waals surface area contributed by atoms with Crippen molar-refractivity contribution < 1.29 is 19.1 Å². The van der Waals surface area contributed by atoms with Gasteiger partial charge in [0.15, 0.2) is 11.5 Å². The maximum Gasteiger partial charge on any atom is 0.273 e. The average molecular weight is 620 g/mol. The fourth-order valence-electron chi connectivity index (χ4n) is 5.47. The Hall–Kier alpha value is -3.86. The van der Waals surface area contributed by atoms with E-state index < -0.39 is 0 Å². The lowest BCUT2D eigenvalue weighted by atomic mass is 10.1. The predicted octanol–water partition coefficient (Wildman–Crippen LogP) is 5.39. The van der Waals surface area contributed by atoms with Gasteiger partial charge in [0.25, 0.3) is 11.8 Å². The third-order valence-electron chi connectivity index (χ3n) is 7.74. The third kappa shape index (κ3) is 6.71. The minimum atomic E-state index is -0.0849. The summed E-state index contributed by atoms with van der Waals surface area (Å²) in [6.45, 7) is 7.65. The normalized spacial score (nSPS) is 14.7. The molecule has 4 heterocycles. The van der Waals surface area contributed by atoms with E-state index in [9.17, 15) is 9.59 Å². The lowest BCUT2D eigenvalue weighted by molar-refractivity contribution is 0.0623. The van der Waals surface area contributed by atoms with Crippen molar-refractivity contribution in [1.29, 1.82) is 0 Å². The molecule has 1 fully saturated rings. The first-order valence-electron chi connectivity index (χ1n) is 14.5. The van der Waals surface area contributed by atoms with Crippen LogP contribution in [0.3, 0.4) is 0 Å². The number of carbonyl (C=O) groups excluding carboxylic acids is 2. The van der Waals surface area contributed by atoms with Gasteiger partial charge in [-0.15, -0.1) is 11.3 Å². The van der Waals surface area contributed by atoms with Crippen molar-refractivity contribution in [3.05, 3.63) is 98.7 Å². The van der Waals surface area contributed by atoms with Crippen LogP contribution < -0.4 is 9.47 Å². The number of thiazole rings is 1. The molecule has 2 aromatic heterocycles. The van der Waals surface area contributed by atoms with Crippen LogP contribution in [0.15, 0.2) is 66.2 Å². The van der Waals surface area contributed by atoms with Crippen molar-refractivity contribution in [2.75, 3.05) is 39.5 Å². The lowest BCUT2D eigenvalue weighted by Gasteiger charge is -2.34. The molecule has 6 rings (SSSR count). The molecule has 0 N–H and O–H groups in total. The second-order valence-electron chi connectivity index (χ2n) is 10.7. The molecule has 1 saturated heterocycles. The molecule has 2 aromatic carbocycles. The van der Waals surface area contributed by atoms with E-state index >= 15 is 0 Å². The van der Waals surface area contributed by atoms with Crippen molar-refractivity contribution in [2.24, 2.45) is 0 Å². The molecule has 2 aliphatic heterocycles. The molecule has 0 spiro atoms. The first kappa shape index (κ1) is 29.2. The maximum atomic E-state index is 13.3. The fraction of sp³-hybridized carbons (Fsp3) is 0.344. The topological polar surface area (TPSA) is 80.1 Å². The summed E-state index contributed by atoms with van der Waals surface area (Å²) in [5.41, 5.74) is 3.16. The standard InChI is InChI=1S/C32H34ClN5O4S/c1-2-11-38(31(39)25-7-3-4-8-26(25)33)19-24-6-5-12-37(24)20-30-34-27(21-43-30)32(40)36-15-13-35(14-16-36)18-23-9-10-28-29(17-23)42-22-41-28/h3-10,12,17,21H,2,11,13-16,18-20,22H2,1H3. The van der Waals surface area contributed by atoms with Crippen molar-refractivity contribution in [2.45, 2.75) is 33.0 Å². The number of ether oxygens (including phenoxy) is 2. The summed E-state index contributed by atoms with van der Waals surface area (Å²) in [7, 11) is 0. The summed E-state index contributed by atoms with van der Waals surface area (Å²) in [4.78, 5) is 37.4. The molecule has 4 aromatic rings. The molecule has 0 unspecified atom stereocenters. The highest BCUT2D eigenvalue weighted by atomic mass is 35.5. The number of hydrogen-bond donors (Lipinski definition) is 0. The van der Waals surface area contributed by atoms with Crippen LogP contribution in [0.25, 0.3) is 0 Å². The highest BCUT2D eigenvalue weighted by Crippen LogP contribution is 2.33. The number of piperazine rings is 1. The molecule has 2 amide bonds. The van der Waals surface area contributed by atoms with Crippen molar-refractivity contribution in [3.8, 4) is 11.5 Å². The van der Waals surface area contributed by atoms with Gasteiger partial charge in [0.2, 0.25) is 6.79 Å². The maximum absolute atomic E-state index is 13.3. The number of benzene rings is 2. The predicted molar refractivity (Wildman–Crippen MR) is 166 cm³/mol. The Kier molecular flexibility index (Phi) is 8.97. The Morgan fingerprint density at radius 2 is 1.81 bits per heavy atom. The van der Waals surface area contributed by atoms with Crippen molar-refractivity contribution >= 4 is 34.8 Å². The second-order valence-corrected chi connectivity index (χ2v) is 12.1. The molecule has 0 aliphatic carbocycles. The van der Waals surface area contributed by atoms with Gasteiger partial charge in [-0.2, -0.15) is 0 Å². The zero-order valence-corrected chi connectivity index (χ0v) is 25.6. The van der Waals surface area contributed by atoms with E-state index in [0.29, 0.717) is 49.0 Å². The van der Waals surface area contributed by atoms with Crippen molar-refractivity contribution in [1.82, 2.24) is 24.3 Å². The Morgan fingerprint density at radius 3 is 2.63 bits per heavy atom. The highest BCUT2D eigenvalue weighted by Gasteiger charge is 2.25. The van der Waals surface area contributed by atoms with E-state index in [0.717, 1.165) is 48.3 Å². The molecular formula is C32H34ClN5O4S. The number of halogens is 1. The van der Waals surface area contributed by atoms with E-state index in [4.69, 9.17) is 26.1 Å². The van der Waals surface area contributed by atoms with Gasteiger partial charge in [-0.25, -0.2) is 4.98 Å². The number of amides is 2. The van der Waals surface area contributed by atoms with Gasteiger partial charge in [-0.1, -0.05) is 36.7 Å². The van der Waals surface area contributed by atoms with E-state index in [1.165, 1.54) is 16.9 Å². The first-order chi connectivity index (χ1) is 21.0. The van der Waals surface area contributed by atoms with Gasteiger partial charge in [-0.3, -0.25) is 14.5 Å². The Labute approximate surface area is 260 Å². The number of rotatable bonds is 10. The molecule has 9 nitrogen and oxygen atoms in total. The monoisotopic (exact) mass is 619 g/mol. The third-order valence-corrected chi connectivity index (χ3v) is 8.90. The summed E-state index contributed by atoms with van der Waals surface area (Å²) in [5, 5.41) is 3.15. The minimum Gasteiger partial charge on any atom is -0.454 e. The lowest BCUT2D eigenvalue weighted by Crippen LogP contribution is -2.48. The van der Waals surface area contributed by atoms with Gasteiger partial charge in [0, 0.05) is 56.5 Å². The molecule has 2 aliphatic rings. The average Bonchev–Trinajstić information content (AvgIpc) is 3.79. The quantitative estimate of drug-likeness (QED) is 0.237. The van der Waals surface area contributed by atoms with Crippen LogP contribution in [0.2, 0.25) is 5.02 Å². The fourth-order valence-corrected chi connectivity index (χ4v) is 6.45. The molecule has 0 radical (unpaired) electrons. The van der Waals surface area contributed by atoms with Gasteiger partial charge in [0.05, 0.1) is 23.7 Å². The smallest absolute Gasteiger partial charge is 0.273 e. The summed E-state index contributed by atoms with van der Waals surface area (Å²) < 4.78 is 13.0. The molecular weight excluding hydrogens is 586 g/mol. The van der Waals surface area contributed by atoms with Crippen LogP contribution in [0.5, 0.6) is 11.5 Å². The number of carbonyl (C=O) groups is 2. The van der Waals surface area contributed by atoms with Gasteiger partial charge >= 0.3 is 0 Å². The minimum absolute atomic E-state index is 0.0302. The molecule has 0 bridgehead atoms. The van der Waals surface area contributed by atoms with Crippen LogP contribution >= 0.6 is 22.9 Å². The first-order valence-corrected chi connectivity index (χ1v) is 15.8. The molecule has 0 atom stereocenters. The van der Waals surface area contributed by atoms with E-state index in [2.05, 4.69) is 22.5 Å². The van der Waals surface area contributed by atoms with Crippen LogP contribution in [-0.4, -0.2) is 75.6 Å². The summed E-state index contributed by atoms with van der Waals surface area (Å²) >= 11 is 7.81. The van der Waals surface area contributed by atoms with E-state index in [-0.39, 0.29) is 18.6 Å². The van der Waals surface area contributed by atoms with Crippen LogP contribution in [0, 0.1) is 0 Å². The van der Waals surface area contributed by atoms with Crippen molar-refractivity contribution in [3.63, 3.8) is 0 Å². The number of hydrogen-bond acceptors (Lipinski definition) is 7. The molecule has 43 heavy (non-hydrogen) atoms. The zero-order valence-electron chi connectivity index (χ0n) is 24.1. The van der Waals surface area contributed by atoms with E-state index in [1.54, 1.807) is 12.1 Å². The SMILES string of the molecule is CCCN(Cc1cccn1Cc1nc(C(=O)N2CCN(Cc3ccc4c(c3)OCO4)CC2)cs1)C(=O)c1ccccc1Cl. The Bertz CT molecular complexity index is 1600. The zero-order chi connectivity index (χ0) is 29.8. The van der Waals surface area contributed by atoms with Gasteiger partial charge < -0.3 is 23.8 Å². The van der Waals surface area contributed by atoms with Crippen LogP contribution in [0.4, 0.5) is 0 Å². The second kappa shape index (κ2) is 13.2. The molecule has 11 heteroatoms. The number of aromatic nitrogens is 2. The summed E-state index contributed by atoms with van der Waals surface area (Å²) in [5.74, 6) is 1.47. The Balaban J connectivity index is 1.04. The van der Waals surface area contributed by atoms with Gasteiger partial charge in [0.1, 0.15) is 10.7 Å². The van der Waals surface area contributed by atoms with Crippen LogP contribution in [0.1, 0.15) is 50.5 Å². The van der Waals surface area contributed by atoms with Crippen LogP contribution in [-0.2, 0) is 19.6 Å². The summed E-state index contributed by atoms with van der Waals surface area (Å²) in [6, 6.07) is 17.2. The number of nitrogens with zero attached hydrogens (tertiary/aromatic N) is 5. The van der Waals surface area contributed by atoms with Gasteiger partial charge in [-0.05, 0) is 48.4 Å². The Morgan fingerprint density at radius 1 is 1.00 bits per heavy atom. The number of fused-ring (bicyclic) bond motifs is 1. The molecule has 224 valence electrons. The summed E-state index contributed by atoms with van der Waals surface area (Å²) in [6.07, 6.45) is 2.82. The largest absolute Gasteiger partial charge is 0.454 e. The molecule has 0 saturated carbocycles. The highest BCUT2D eigenvalue weighted by molar-refractivity contribution is 7.09. The van der Waals surface area contributed by atoms with E-state index in [1.807, 2.05) is 57.8 Å².